The van der Waals surface area contributed by atoms with Crippen LogP contribution in [0.25, 0.3) is 11.1 Å². The zero-order valence-electron chi connectivity index (χ0n) is 15.3. The van der Waals surface area contributed by atoms with E-state index >= 15 is 0 Å². The second-order valence-electron chi connectivity index (χ2n) is 6.91. The van der Waals surface area contributed by atoms with Crippen molar-refractivity contribution in [2.24, 2.45) is 5.92 Å². The van der Waals surface area contributed by atoms with Gasteiger partial charge in [0.15, 0.2) is 0 Å². The van der Waals surface area contributed by atoms with Gasteiger partial charge >= 0.3 is 0 Å². The van der Waals surface area contributed by atoms with E-state index in [0.29, 0.717) is 12.3 Å². The van der Waals surface area contributed by atoms with Crippen LogP contribution in [0.5, 0.6) is 0 Å². The Bertz CT molecular complexity index is 1000. The Morgan fingerprint density at radius 2 is 2.11 bits per heavy atom. The van der Waals surface area contributed by atoms with Crippen LogP contribution in [0.4, 0.5) is 15.9 Å². The van der Waals surface area contributed by atoms with Crippen LogP contribution in [0, 0.1) is 25.6 Å². The topological polar surface area (TPSA) is 71.3 Å². The van der Waals surface area contributed by atoms with Crippen LogP contribution >= 0.6 is 0 Å². The summed E-state index contributed by atoms with van der Waals surface area (Å²) in [6.45, 7) is 5.22. The van der Waals surface area contributed by atoms with Crippen molar-refractivity contribution in [3.8, 4) is 0 Å². The van der Waals surface area contributed by atoms with E-state index in [1.54, 1.807) is 18.2 Å². The molecule has 1 fully saturated rings. The molecule has 1 aliphatic rings. The van der Waals surface area contributed by atoms with Gasteiger partial charge in [-0.15, -0.1) is 0 Å². The Kier molecular flexibility index (Phi) is 4.51. The van der Waals surface area contributed by atoms with Crippen LogP contribution < -0.4 is 10.2 Å². The van der Waals surface area contributed by atoms with Gasteiger partial charge in [0.1, 0.15) is 23.7 Å². The molecule has 0 radical (unpaired) electrons. The van der Waals surface area contributed by atoms with E-state index in [1.165, 1.54) is 12.4 Å². The van der Waals surface area contributed by atoms with Crippen LogP contribution in [0.1, 0.15) is 24.2 Å². The summed E-state index contributed by atoms with van der Waals surface area (Å²) >= 11 is 0. The number of carbonyl (C=O) groups is 1. The van der Waals surface area contributed by atoms with E-state index in [9.17, 15) is 9.18 Å². The molecule has 3 heterocycles. The molecule has 4 rings (SSSR count). The maximum atomic E-state index is 13.8. The smallest absolute Gasteiger partial charge is 0.231 e. The number of carbonyl (C=O) groups excluding carboxylic acids is 1. The number of benzene rings is 1. The maximum absolute atomic E-state index is 13.8. The summed E-state index contributed by atoms with van der Waals surface area (Å²) in [6.07, 6.45) is 3.11. The van der Waals surface area contributed by atoms with Crippen LogP contribution in [0.3, 0.4) is 0 Å². The molecular formula is C20H21FN4O2. The minimum atomic E-state index is -0.430. The number of fused-ring (bicyclic) bond motifs is 1. The van der Waals surface area contributed by atoms with E-state index in [0.717, 1.165) is 41.9 Å². The zero-order chi connectivity index (χ0) is 19.0. The van der Waals surface area contributed by atoms with Gasteiger partial charge in [-0.1, -0.05) is 12.1 Å². The van der Waals surface area contributed by atoms with E-state index in [1.807, 2.05) is 13.8 Å². The average Bonchev–Trinajstić information content (AvgIpc) is 2.98. The second-order valence-corrected chi connectivity index (χ2v) is 6.91. The molecule has 0 bridgehead atoms. The summed E-state index contributed by atoms with van der Waals surface area (Å²) in [4.78, 5) is 23.4. The van der Waals surface area contributed by atoms with Crippen LogP contribution in [-0.4, -0.2) is 29.0 Å². The highest BCUT2D eigenvalue weighted by atomic mass is 19.1. The number of amides is 1. The normalized spacial score (nSPS) is 17.3. The summed E-state index contributed by atoms with van der Waals surface area (Å²) in [5.74, 6) is 0.766. The fourth-order valence-corrected chi connectivity index (χ4v) is 3.58. The molecule has 7 heteroatoms. The van der Waals surface area contributed by atoms with Crippen LogP contribution in [0.2, 0.25) is 0 Å². The van der Waals surface area contributed by atoms with Crippen molar-refractivity contribution in [2.45, 2.75) is 26.7 Å². The molecule has 0 saturated carbocycles. The number of anilines is 2. The third kappa shape index (κ3) is 3.25. The monoisotopic (exact) mass is 368 g/mol. The Balaban J connectivity index is 1.57. The first kappa shape index (κ1) is 17.5. The average molecular weight is 368 g/mol. The fourth-order valence-electron chi connectivity index (χ4n) is 3.58. The summed E-state index contributed by atoms with van der Waals surface area (Å²) in [5.41, 5.74) is 1.79. The van der Waals surface area contributed by atoms with Crippen molar-refractivity contribution >= 4 is 28.5 Å². The molecule has 27 heavy (non-hydrogen) atoms. The quantitative estimate of drug-likeness (QED) is 0.761. The van der Waals surface area contributed by atoms with Crippen molar-refractivity contribution < 1.29 is 13.6 Å². The van der Waals surface area contributed by atoms with Crippen molar-refractivity contribution in [1.29, 1.82) is 0 Å². The van der Waals surface area contributed by atoms with Gasteiger partial charge in [-0.25, -0.2) is 14.4 Å². The number of aryl methyl sites for hydroxylation is 2. The first-order valence-corrected chi connectivity index (χ1v) is 9.05. The van der Waals surface area contributed by atoms with Gasteiger partial charge in [0.05, 0.1) is 17.0 Å². The lowest BCUT2D eigenvalue weighted by Gasteiger charge is -2.33. The number of nitrogens with one attached hydrogen (secondary N) is 1. The minimum Gasteiger partial charge on any atom is -0.443 e. The molecule has 0 aliphatic carbocycles. The minimum absolute atomic E-state index is 0.171. The first-order chi connectivity index (χ1) is 13.0. The molecular weight excluding hydrogens is 347 g/mol. The van der Waals surface area contributed by atoms with Crippen LogP contribution in [-0.2, 0) is 4.79 Å². The molecule has 1 N–H and O–H groups in total. The number of halogens is 1. The molecule has 0 spiro atoms. The predicted molar refractivity (Wildman–Crippen MR) is 101 cm³/mol. The predicted octanol–water partition coefficient (Wildman–Crippen LogP) is 3.83. The third-order valence-electron chi connectivity index (χ3n) is 5.17. The highest BCUT2D eigenvalue weighted by molar-refractivity contribution is 5.94. The molecule has 6 nitrogen and oxygen atoms in total. The number of para-hydroxylation sites is 1. The lowest BCUT2D eigenvalue weighted by molar-refractivity contribution is -0.120. The summed E-state index contributed by atoms with van der Waals surface area (Å²) in [5, 5.41) is 3.61. The standard InChI is InChI=1S/C20H21FN4O2/c1-12-13(2)27-20-17(12)18(22-11-23-20)25-9-5-6-14(10-25)19(26)24-16-8-4-3-7-15(16)21/h3-4,7-8,11,14H,5-6,9-10H2,1-2H3,(H,24,26)/t14-/m1/s1. The van der Waals surface area contributed by atoms with Gasteiger partial charge in [-0.2, -0.15) is 0 Å². The van der Waals surface area contributed by atoms with Crippen molar-refractivity contribution in [3.05, 3.63) is 47.7 Å². The van der Waals surface area contributed by atoms with Gasteiger partial charge in [-0.05, 0) is 38.8 Å². The van der Waals surface area contributed by atoms with E-state index in [2.05, 4.69) is 20.2 Å². The SMILES string of the molecule is Cc1oc2ncnc(N3CCC[C@@H](C(=O)Nc4ccccc4F)C3)c2c1C. The highest BCUT2D eigenvalue weighted by Crippen LogP contribution is 2.32. The van der Waals surface area contributed by atoms with Gasteiger partial charge in [0.2, 0.25) is 11.6 Å². The highest BCUT2D eigenvalue weighted by Gasteiger charge is 2.29. The number of hydrogen-bond donors (Lipinski definition) is 1. The number of aromatic nitrogens is 2. The van der Waals surface area contributed by atoms with Gasteiger partial charge in [-0.3, -0.25) is 4.79 Å². The first-order valence-electron chi connectivity index (χ1n) is 9.05. The van der Waals surface area contributed by atoms with Crippen molar-refractivity contribution in [3.63, 3.8) is 0 Å². The molecule has 3 aromatic rings. The fraction of sp³-hybridized carbons (Fsp3) is 0.350. The Hall–Kier alpha value is -2.96. The lowest BCUT2D eigenvalue weighted by Crippen LogP contribution is -2.41. The number of hydrogen-bond acceptors (Lipinski definition) is 5. The van der Waals surface area contributed by atoms with Crippen molar-refractivity contribution in [1.82, 2.24) is 9.97 Å². The third-order valence-corrected chi connectivity index (χ3v) is 5.17. The van der Waals surface area contributed by atoms with Gasteiger partial charge in [0, 0.05) is 18.7 Å². The van der Waals surface area contributed by atoms with E-state index in [-0.39, 0.29) is 17.5 Å². The lowest BCUT2D eigenvalue weighted by atomic mass is 9.96. The number of rotatable bonds is 3. The molecule has 1 aliphatic heterocycles. The second kappa shape index (κ2) is 6.98. The van der Waals surface area contributed by atoms with E-state index < -0.39 is 5.82 Å². The molecule has 140 valence electrons. The number of nitrogens with zero attached hydrogens (tertiary/aromatic N) is 3. The molecule has 1 amide bonds. The molecule has 2 aromatic heterocycles. The summed E-state index contributed by atoms with van der Waals surface area (Å²) < 4.78 is 19.5. The summed E-state index contributed by atoms with van der Waals surface area (Å²) in [7, 11) is 0. The molecule has 1 saturated heterocycles. The molecule has 0 unspecified atom stereocenters. The molecule has 1 atom stereocenters. The largest absolute Gasteiger partial charge is 0.443 e. The number of piperidine rings is 1. The van der Waals surface area contributed by atoms with Crippen molar-refractivity contribution in [2.75, 3.05) is 23.3 Å². The zero-order valence-corrected chi connectivity index (χ0v) is 15.3. The number of furan rings is 1. The van der Waals surface area contributed by atoms with Gasteiger partial charge in [0.25, 0.3) is 0 Å². The summed E-state index contributed by atoms with van der Waals surface area (Å²) in [6, 6.07) is 6.21. The van der Waals surface area contributed by atoms with Gasteiger partial charge < -0.3 is 14.6 Å². The Morgan fingerprint density at radius 1 is 1.30 bits per heavy atom. The van der Waals surface area contributed by atoms with Crippen LogP contribution in [0.15, 0.2) is 35.0 Å². The maximum Gasteiger partial charge on any atom is 0.231 e. The van der Waals surface area contributed by atoms with E-state index in [4.69, 9.17) is 4.42 Å². The Morgan fingerprint density at radius 3 is 2.93 bits per heavy atom. The molecule has 1 aromatic carbocycles. The Labute approximate surface area is 156 Å².